The molecule has 0 amide bonds. The Balaban J connectivity index is 0.00000280. The first-order chi connectivity index (χ1) is 12.7. The highest BCUT2D eigenvalue weighted by Crippen LogP contribution is 2.39. The van der Waals surface area contributed by atoms with Crippen LogP contribution in [0.15, 0.2) is 27.4 Å². The van der Waals surface area contributed by atoms with Crippen molar-refractivity contribution >= 4 is 18.1 Å². The number of benzene rings is 1. The molecule has 2 aromatic rings. The van der Waals surface area contributed by atoms with Crippen molar-refractivity contribution in [1.29, 1.82) is 0 Å². The van der Waals surface area contributed by atoms with Gasteiger partial charge >= 0.3 is 11.9 Å². The average Bonchev–Trinajstić information content (AvgIpc) is 3.05. The van der Waals surface area contributed by atoms with Crippen molar-refractivity contribution in [2.75, 3.05) is 25.1 Å². The number of anilines is 1. The molecule has 3 N–H and O–H groups in total. The third kappa shape index (κ3) is 4.64. The van der Waals surface area contributed by atoms with Crippen LogP contribution < -0.4 is 16.4 Å². The number of H-pyrrole nitrogens is 1. The molecule has 12 heteroatoms. The Morgan fingerprint density at radius 2 is 1.96 bits per heavy atom. The summed E-state index contributed by atoms with van der Waals surface area (Å²) in [6, 6.07) is 1.36. The van der Waals surface area contributed by atoms with Gasteiger partial charge in [-0.1, -0.05) is 0 Å². The van der Waals surface area contributed by atoms with Gasteiger partial charge in [0.25, 0.3) is 0 Å². The highest BCUT2D eigenvalue weighted by Gasteiger charge is 2.42. The number of piperidine rings is 1. The maximum Gasteiger partial charge on any atom is 0.434 e. The van der Waals surface area contributed by atoms with Gasteiger partial charge in [0.2, 0.25) is 5.89 Å². The van der Waals surface area contributed by atoms with Gasteiger partial charge in [-0.25, -0.2) is 18.7 Å². The molecule has 1 aromatic heterocycles. The minimum atomic E-state index is -4.74. The van der Waals surface area contributed by atoms with Crippen LogP contribution in [-0.4, -0.2) is 41.7 Å². The standard InChI is InChI=1S/C16H17F5N4O2.ClH/c17-8-12(15(18)3-5-22-6-4-15)23-11-7-9(13-24-25-14(26)27-13)1-2-10(11)16(19,20)21;/h1-2,7,12,22-23H,3-6,8H2,(H,25,26);1H. The number of rotatable bonds is 5. The predicted octanol–water partition coefficient (Wildman–Crippen LogP) is 3.31. The monoisotopic (exact) mass is 428 g/mol. The Morgan fingerprint density at radius 3 is 2.50 bits per heavy atom. The van der Waals surface area contributed by atoms with Crippen LogP contribution in [-0.2, 0) is 6.18 Å². The molecule has 2 heterocycles. The Labute approximate surface area is 162 Å². The lowest BCUT2D eigenvalue weighted by molar-refractivity contribution is -0.137. The molecular formula is C16H18ClF5N4O2. The van der Waals surface area contributed by atoms with Crippen LogP contribution in [0.5, 0.6) is 0 Å². The lowest BCUT2D eigenvalue weighted by Crippen LogP contribution is -2.51. The minimum absolute atomic E-state index is 0. The lowest BCUT2D eigenvalue weighted by atomic mass is 9.87. The second-order valence-corrected chi connectivity index (χ2v) is 6.31. The first kappa shape index (κ1) is 22.2. The number of aromatic amines is 1. The summed E-state index contributed by atoms with van der Waals surface area (Å²) in [7, 11) is 0. The third-order valence-corrected chi connectivity index (χ3v) is 4.55. The van der Waals surface area contributed by atoms with Gasteiger partial charge in [-0.2, -0.15) is 13.2 Å². The van der Waals surface area contributed by atoms with Gasteiger partial charge in [0.1, 0.15) is 12.3 Å². The fraction of sp³-hybridized carbons (Fsp3) is 0.500. The van der Waals surface area contributed by atoms with E-state index in [0.29, 0.717) is 13.1 Å². The number of hydrogen-bond acceptors (Lipinski definition) is 5. The Morgan fingerprint density at radius 1 is 1.29 bits per heavy atom. The molecule has 1 fully saturated rings. The van der Waals surface area contributed by atoms with Gasteiger partial charge in [-0.05, 0) is 44.1 Å². The topological polar surface area (TPSA) is 83.0 Å². The van der Waals surface area contributed by atoms with Crippen molar-refractivity contribution in [3.8, 4) is 11.5 Å². The molecule has 0 radical (unpaired) electrons. The molecule has 1 unspecified atom stereocenters. The van der Waals surface area contributed by atoms with Crippen LogP contribution >= 0.6 is 12.4 Å². The van der Waals surface area contributed by atoms with Gasteiger partial charge in [0.15, 0.2) is 0 Å². The van der Waals surface area contributed by atoms with Crippen LogP contribution in [0.3, 0.4) is 0 Å². The molecule has 0 bridgehead atoms. The maximum absolute atomic E-state index is 15.1. The molecule has 28 heavy (non-hydrogen) atoms. The number of alkyl halides is 5. The number of halogens is 6. The zero-order chi connectivity index (χ0) is 19.7. The second kappa shape index (κ2) is 8.48. The molecule has 1 atom stereocenters. The van der Waals surface area contributed by atoms with E-state index in [1.165, 1.54) is 0 Å². The molecule has 0 spiro atoms. The quantitative estimate of drug-likeness (QED) is 0.636. The van der Waals surface area contributed by atoms with Crippen molar-refractivity contribution in [3.63, 3.8) is 0 Å². The van der Waals surface area contributed by atoms with E-state index in [0.717, 1.165) is 18.2 Å². The maximum atomic E-state index is 15.1. The normalized spacial score (nSPS) is 17.6. The SMILES string of the molecule is Cl.O=c1[nH]nc(-c2ccc(C(F)(F)F)c(NC(CF)C3(F)CCNCC3)c2)o1. The molecule has 3 rings (SSSR count). The first-order valence-electron chi connectivity index (χ1n) is 8.22. The Bertz CT molecular complexity index is 848. The van der Waals surface area contributed by atoms with Crippen molar-refractivity contribution in [2.45, 2.75) is 30.7 Å². The fourth-order valence-electron chi connectivity index (χ4n) is 3.08. The van der Waals surface area contributed by atoms with E-state index in [4.69, 9.17) is 4.42 Å². The summed E-state index contributed by atoms with van der Waals surface area (Å²) in [5.74, 6) is -1.11. The predicted molar refractivity (Wildman–Crippen MR) is 94.1 cm³/mol. The van der Waals surface area contributed by atoms with Crippen molar-refractivity contribution in [3.05, 3.63) is 34.3 Å². The minimum Gasteiger partial charge on any atom is -0.388 e. The fourth-order valence-corrected chi connectivity index (χ4v) is 3.08. The zero-order valence-corrected chi connectivity index (χ0v) is 15.2. The molecule has 0 saturated carbocycles. The van der Waals surface area contributed by atoms with E-state index >= 15 is 4.39 Å². The van der Waals surface area contributed by atoms with Gasteiger partial charge in [-0.3, -0.25) is 0 Å². The van der Waals surface area contributed by atoms with Crippen LogP contribution in [0.1, 0.15) is 18.4 Å². The highest BCUT2D eigenvalue weighted by molar-refractivity contribution is 5.85. The van der Waals surface area contributed by atoms with Crippen molar-refractivity contribution < 1.29 is 26.4 Å². The summed E-state index contributed by atoms with van der Waals surface area (Å²) in [5.41, 5.74) is -3.53. The molecular weight excluding hydrogens is 411 g/mol. The van der Waals surface area contributed by atoms with E-state index in [9.17, 15) is 22.4 Å². The Hall–Kier alpha value is -2.14. The molecule has 1 aromatic carbocycles. The third-order valence-electron chi connectivity index (χ3n) is 4.55. The smallest absolute Gasteiger partial charge is 0.388 e. The summed E-state index contributed by atoms with van der Waals surface area (Å²) in [6.07, 6.45) is -4.79. The van der Waals surface area contributed by atoms with Gasteiger partial charge in [0, 0.05) is 11.3 Å². The van der Waals surface area contributed by atoms with Crippen LogP contribution in [0.25, 0.3) is 11.5 Å². The van der Waals surface area contributed by atoms with Crippen LogP contribution in [0.4, 0.5) is 27.6 Å². The number of hydrogen-bond donors (Lipinski definition) is 3. The van der Waals surface area contributed by atoms with Gasteiger partial charge in [0.05, 0.1) is 11.6 Å². The molecule has 156 valence electrons. The molecule has 6 nitrogen and oxygen atoms in total. The lowest BCUT2D eigenvalue weighted by Gasteiger charge is -2.37. The largest absolute Gasteiger partial charge is 0.434 e. The Kier molecular flexibility index (Phi) is 6.71. The average molecular weight is 429 g/mol. The zero-order valence-electron chi connectivity index (χ0n) is 14.4. The highest BCUT2D eigenvalue weighted by atomic mass is 35.5. The van der Waals surface area contributed by atoms with Crippen LogP contribution in [0.2, 0.25) is 0 Å². The summed E-state index contributed by atoms with van der Waals surface area (Å²) >= 11 is 0. The molecule has 1 saturated heterocycles. The number of aromatic nitrogens is 2. The van der Waals surface area contributed by atoms with Crippen LogP contribution in [0, 0.1) is 0 Å². The van der Waals surface area contributed by atoms with E-state index < -0.39 is 41.6 Å². The van der Waals surface area contributed by atoms with Gasteiger partial charge < -0.3 is 15.1 Å². The van der Waals surface area contributed by atoms with E-state index in [1.54, 1.807) is 0 Å². The molecule has 0 aliphatic carbocycles. The van der Waals surface area contributed by atoms with E-state index in [1.807, 2.05) is 5.10 Å². The van der Waals surface area contributed by atoms with E-state index in [-0.39, 0.29) is 36.7 Å². The molecule has 1 aliphatic rings. The van der Waals surface area contributed by atoms with Crippen molar-refractivity contribution in [2.24, 2.45) is 0 Å². The summed E-state index contributed by atoms with van der Waals surface area (Å²) < 4.78 is 73.4. The summed E-state index contributed by atoms with van der Waals surface area (Å²) in [5, 5.41) is 10.9. The number of nitrogens with one attached hydrogen (secondary N) is 3. The second-order valence-electron chi connectivity index (χ2n) is 6.31. The van der Waals surface area contributed by atoms with Gasteiger partial charge in [-0.15, -0.1) is 17.5 Å². The number of nitrogens with zero attached hydrogens (tertiary/aromatic N) is 1. The first-order valence-corrected chi connectivity index (χ1v) is 8.22. The molecule has 1 aliphatic heterocycles. The summed E-state index contributed by atoms with van der Waals surface area (Å²) in [4.78, 5) is 11.1. The van der Waals surface area contributed by atoms with E-state index in [2.05, 4.69) is 15.7 Å². The van der Waals surface area contributed by atoms with Crippen molar-refractivity contribution in [1.82, 2.24) is 15.5 Å². The summed E-state index contributed by atoms with van der Waals surface area (Å²) in [6.45, 7) is -0.575.